The maximum absolute atomic E-state index is 12.6. The Morgan fingerprint density at radius 1 is 1.24 bits per heavy atom. The maximum atomic E-state index is 12.6. The Labute approximate surface area is 171 Å². The number of aromatic nitrogens is 2. The quantitative estimate of drug-likeness (QED) is 0.384. The number of nitrogen functional groups attached to an aromatic ring is 1. The minimum atomic E-state index is -0.831. The molecule has 1 aromatic heterocycles. The predicted octanol–water partition coefficient (Wildman–Crippen LogP) is 1.31. The molecule has 1 aromatic carbocycles. The number of hydrogen-bond acceptors (Lipinski definition) is 8. The molecule has 1 heterocycles. The van der Waals surface area contributed by atoms with Gasteiger partial charge in [-0.1, -0.05) is 6.92 Å². The number of benzene rings is 1. The van der Waals surface area contributed by atoms with Crippen molar-refractivity contribution in [1.82, 2.24) is 9.13 Å². The molecule has 156 valence electrons. The fourth-order valence-corrected chi connectivity index (χ4v) is 3.16. The molecular formula is C19H23N3O6S. The zero-order valence-corrected chi connectivity index (χ0v) is 17.5. The lowest BCUT2D eigenvalue weighted by molar-refractivity contribution is 0.0471. The van der Waals surface area contributed by atoms with Gasteiger partial charge in [-0.25, -0.2) is 9.59 Å². The van der Waals surface area contributed by atoms with E-state index in [4.69, 9.17) is 15.2 Å². The van der Waals surface area contributed by atoms with Gasteiger partial charge in [-0.3, -0.25) is 18.7 Å². The number of nitrogens with two attached hydrogens (primary N) is 1. The summed E-state index contributed by atoms with van der Waals surface area (Å²) in [4.78, 5) is 50.4. The number of nitrogens with zero attached hydrogens (tertiary/aromatic N) is 2. The van der Waals surface area contributed by atoms with Gasteiger partial charge in [0.2, 0.25) is 5.78 Å². The SMILES string of the molecule is CCCn1c(N)c(C(=O)COC(=O)c2ccc(SC)cc2OC)c(=O)n(C)c1=O. The van der Waals surface area contributed by atoms with Crippen LogP contribution in [0.2, 0.25) is 0 Å². The molecule has 0 amide bonds. The van der Waals surface area contributed by atoms with Crippen molar-refractivity contribution >= 4 is 29.3 Å². The minimum absolute atomic E-state index is 0.148. The number of Topliss-reactive ketones (excluding diaryl/α,β-unsaturated/α-hetero) is 1. The minimum Gasteiger partial charge on any atom is -0.496 e. The Bertz CT molecular complexity index is 1060. The van der Waals surface area contributed by atoms with Crippen molar-refractivity contribution in [2.24, 2.45) is 7.05 Å². The third kappa shape index (κ3) is 4.53. The largest absolute Gasteiger partial charge is 0.496 e. The molecule has 29 heavy (non-hydrogen) atoms. The number of carbonyl (C=O) groups is 2. The molecule has 0 unspecified atom stereocenters. The lowest BCUT2D eigenvalue weighted by Gasteiger charge is -2.14. The topological polar surface area (TPSA) is 123 Å². The molecule has 0 bridgehead atoms. The lowest BCUT2D eigenvalue weighted by Crippen LogP contribution is -2.43. The Morgan fingerprint density at radius 2 is 1.93 bits per heavy atom. The fraction of sp³-hybridized carbons (Fsp3) is 0.368. The van der Waals surface area contributed by atoms with Gasteiger partial charge in [0.15, 0.2) is 6.61 Å². The van der Waals surface area contributed by atoms with E-state index in [1.807, 2.05) is 13.2 Å². The number of hydrogen-bond donors (Lipinski definition) is 1. The maximum Gasteiger partial charge on any atom is 0.342 e. The van der Waals surface area contributed by atoms with Crippen LogP contribution in [0.4, 0.5) is 5.82 Å². The molecular weight excluding hydrogens is 398 g/mol. The van der Waals surface area contributed by atoms with Gasteiger partial charge in [0.05, 0.1) is 7.11 Å². The number of esters is 1. The van der Waals surface area contributed by atoms with Crippen LogP contribution in [0.5, 0.6) is 5.75 Å². The molecule has 2 aromatic rings. The molecule has 0 fully saturated rings. The normalized spacial score (nSPS) is 10.6. The molecule has 0 spiro atoms. The van der Waals surface area contributed by atoms with E-state index in [2.05, 4.69) is 0 Å². The van der Waals surface area contributed by atoms with Crippen LogP contribution in [0.15, 0.2) is 32.7 Å². The van der Waals surface area contributed by atoms with Crippen molar-refractivity contribution in [2.45, 2.75) is 24.8 Å². The number of carbonyl (C=O) groups excluding carboxylic acids is 2. The number of thioether (sulfide) groups is 1. The second kappa shape index (κ2) is 9.46. The highest BCUT2D eigenvalue weighted by molar-refractivity contribution is 7.98. The van der Waals surface area contributed by atoms with Crippen LogP contribution >= 0.6 is 11.8 Å². The molecule has 0 atom stereocenters. The van der Waals surface area contributed by atoms with Crippen LogP contribution in [0.3, 0.4) is 0 Å². The van der Waals surface area contributed by atoms with Crippen LogP contribution in [0.1, 0.15) is 34.1 Å². The second-order valence-electron chi connectivity index (χ2n) is 6.12. The van der Waals surface area contributed by atoms with Gasteiger partial charge < -0.3 is 15.2 Å². The average molecular weight is 421 g/mol. The van der Waals surface area contributed by atoms with Gasteiger partial charge in [-0.2, -0.15) is 0 Å². The van der Waals surface area contributed by atoms with E-state index in [9.17, 15) is 19.2 Å². The Morgan fingerprint density at radius 3 is 2.52 bits per heavy atom. The van der Waals surface area contributed by atoms with Gasteiger partial charge in [0, 0.05) is 18.5 Å². The fourth-order valence-electron chi connectivity index (χ4n) is 2.73. The zero-order chi connectivity index (χ0) is 21.7. The van der Waals surface area contributed by atoms with Crippen LogP contribution < -0.4 is 21.7 Å². The summed E-state index contributed by atoms with van der Waals surface area (Å²) in [5.74, 6) is -1.50. The molecule has 2 rings (SSSR count). The molecule has 10 heteroatoms. The summed E-state index contributed by atoms with van der Waals surface area (Å²) in [5, 5.41) is 0. The van der Waals surface area contributed by atoms with Crippen molar-refractivity contribution in [2.75, 3.05) is 25.7 Å². The molecule has 0 aliphatic heterocycles. The summed E-state index contributed by atoms with van der Waals surface area (Å²) >= 11 is 1.48. The van der Waals surface area contributed by atoms with Gasteiger partial charge in [-0.15, -0.1) is 11.8 Å². The Kier molecular flexibility index (Phi) is 7.27. The standard InChI is InChI=1S/C19H23N3O6S/c1-5-8-22-16(20)15(17(24)21(2)19(22)26)13(23)10-28-18(25)12-7-6-11(29-4)9-14(12)27-3/h6-7,9H,5,8,10,20H2,1-4H3. The lowest BCUT2D eigenvalue weighted by atomic mass is 10.2. The number of ether oxygens (including phenoxy) is 2. The average Bonchev–Trinajstić information content (AvgIpc) is 2.73. The molecule has 0 aliphatic carbocycles. The highest BCUT2D eigenvalue weighted by Gasteiger charge is 2.23. The predicted molar refractivity (Wildman–Crippen MR) is 110 cm³/mol. The summed E-state index contributed by atoms with van der Waals surface area (Å²) < 4.78 is 12.2. The number of ketones is 1. The number of anilines is 1. The first-order chi connectivity index (χ1) is 13.8. The summed E-state index contributed by atoms with van der Waals surface area (Å²) in [6.07, 6.45) is 2.46. The van der Waals surface area contributed by atoms with E-state index in [1.165, 1.54) is 32.0 Å². The van der Waals surface area contributed by atoms with E-state index >= 15 is 0 Å². The van der Waals surface area contributed by atoms with Gasteiger partial charge in [0.1, 0.15) is 22.7 Å². The van der Waals surface area contributed by atoms with Gasteiger partial charge in [0.25, 0.3) is 5.56 Å². The van der Waals surface area contributed by atoms with Crippen LogP contribution in [-0.4, -0.2) is 40.9 Å². The first-order valence-corrected chi connectivity index (χ1v) is 10.0. The van der Waals surface area contributed by atoms with E-state index in [0.717, 1.165) is 14.0 Å². The summed E-state index contributed by atoms with van der Waals surface area (Å²) in [5.41, 5.74) is 4.23. The van der Waals surface area contributed by atoms with E-state index < -0.39 is 29.6 Å². The molecule has 9 nitrogen and oxygen atoms in total. The molecule has 0 saturated carbocycles. The smallest absolute Gasteiger partial charge is 0.342 e. The highest BCUT2D eigenvalue weighted by atomic mass is 32.2. The zero-order valence-electron chi connectivity index (χ0n) is 16.7. The second-order valence-corrected chi connectivity index (χ2v) is 7.00. The summed E-state index contributed by atoms with van der Waals surface area (Å²) in [7, 11) is 2.68. The van der Waals surface area contributed by atoms with Crippen molar-refractivity contribution in [3.05, 3.63) is 50.2 Å². The van der Waals surface area contributed by atoms with Gasteiger partial charge in [-0.05, 0) is 30.9 Å². The van der Waals surface area contributed by atoms with Crippen LogP contribution in [0.25, 0.3) is 0 Å². The highest BCUT2D eigenvalue weighted by Crippen LogP contribution is 2.26. The number of rotatable bonds is 8. The van der Waals surface area contributed by atoms with E-state index in [0.29, 0.717) is 12.2 Å². The monoisotopic (exact) mass is 421 g/mol. The summed E-state index contributed by atoms with van der Waals surface area (Å²) in [6, 6.07) is 4.93. The first kappa shape index (κ1) is 22.3. The Hall–Kier alpha value is -3.01. The van der Waals surface area contributed by atoms with Crippen LogP contribution in [0, 0.1) is 0 Å². The van der Waals surface area contributed by atoms with Crippen molar-refractivity contribution in [3.63, 3.8) is 0 Å². The van der Waals surface area contributed by atoms with E-state index in [-0.39, 0.29) is 23.5 Å². The van der Waals surface area contributed by atoms with E-state index in [1.54, 1.807) is 12.1 Å². The third-order valence-corrected chi connectivity index (χ3v) is 5.00. The van der Waals surface area contributed by atoms with Crippen molar-refractivity contribution in [1.29, 1.82) is 0 Å². The summed E-state index contributed by atoms with van der Waals surface area (Å²) in [6.45, 7) is 1.38. The van der Waals surface area contributed by atoms with Crippen molar-refractivity contribution < 1.29 is 19.1 Å². The molecule has 0 saturated heterocycles. The first-order valence-electron chi connectivity index (χ1n) is 8.78. The molecule has 2 N–H and O–H groups in total. The molecule has 0 radical (unpaired) electrons. The van der Waals surface area contributed by atoms with Gasteiger partial charge >= 0.3 is 11.7 Å². The Balaban J connectivity index is 2.29. The third-order valence-electron chi connectivity index (χ3n) is 4.27. The van der Waals surface area contributed by atoms with Crippen LogP contribution in [-0.2, 0) is 18.3 Å². The van der Waals surface area contributed by atoms with Crippen molar-refractivity contribution in [3.8, 4) is 5.75 Å². The number of methoxy groups -OCH3 is 1. The molecule has 0 aliphatic rings.